The van der Waals surface area contributed by atoms with Gasteiger partial charge in [-0.3, -0.25) is 4.79 Å². The Hall–Kier alpha value is -2.58. The maximum absolute atomic E-state index is 12.9. The van der Waals surface area contributed by atoms with Crippen LogP contribution < -0.4 is 4.74 Å². The zero-order valence-electron chi connectivity index (χ0n) is 15.5. The number of carbonyl (C=O) groups is 2. The van der Waals surface area contributed by atoms with Crippen LogP contribution in [0.2, 0.25) is 5.02 Å². The van der Waals surface area contributed by atoms with Crippen LogP contribution in [-0.4, -0.2) is 54.5 Å². The Balaban J connectivity index is 1.77. The maximum Gasteiger partial charge on any atom is 0.339 e. The van der Waals surface area contributed by atoms with Gasteiger partial charge in [-0.1, -0.05) is 41.9 Å². The van der Waals surface area contributed by atoms with Gasteiger partial charge in [-0.05, 0) is 30.2 Å². The molecule has 1 saturated heterocycles. The minimum Gasteiger partial charge on any atom is -0.483 e. The van der Waals surface area contributed by atoms with Crippen molar-refractivity contribution in [1.29, 1.82) is 0 Å². The monoisotopic (exact) mass is 437 g/mol. The lowest BCUT2D eigenvalue weighted by Gasteiger charge is -2.28. The number of nitrogens with zero attached hydrogens (tertiary/aromatic N) is 1. The minimum absolute atomic E-state index is 0.0222. The fourth-order valence-electron chi connectivity index (χ4n) is 3.24. The molecule has 3 rings (SSSR count). The number of halogens is 1. The predicted molar refractivity (Wildman–Crippen MR) is 108 cm³/mol. The van der Waals surface area contributed by atoms with Crippen molar-refractivity contribution in [2.24, 2.45) is 0 Å². The number of carbonyl (C=O) groups excluding carboxylic acids is 1. The lowest BCUT2D eigenvalue weighted by atomic mass is 10.1. The second-order valence-electron chi connectivity index (χ2n) is 6.80. The summed E-state index contributed by atoms with van der Waals surface area (Å²) < 4.78 is 29.3. The normalized spacial score (nSPS) is 17.6. The highest BCUT2D eigenvalue weighted by atomic mass is 35.5. The van der Waals surface area contributed by atoms with Gasteiger partial charge in [0.25, 0.3) is 5.91 Å². The number of aromatic carboxylic acids is 1. The maximum atomic E-state index is 12.9. The molecule has 1 heterocycles. The Labute approximate surface area is 173 Å². The number of carboxylic acid groups (broad SMARTS) is 1. The van der Waals surface area contributed by atoms with Gasteiger partial charge in [-0.2, -0.15) is 0 Å². The van der Waals surface area contributed by atoms with E-state index < -0.39 is 34.4 Å². The fourth-order valence-corrected chi connectivity index (χ4v) is 5.14. The van der Waals surface area contributed by atoms with E-state index in [4.69, 9.17) is 16.3 Å². The summed E-state index contributed by atoms with van der Waals surface area (Å²) >= 11 is 5.83. The number of rotatable bonds is 7. The Morgan fingerprint density at radius 3 is 2.52 bits per heavy atom. The van der Waals surface area contributed by atoms with Gasteiger partial charge in [0.1, 0.15) is 11.3 Å². The van der Waals surface area contributed by atoms with Crippen molar-refractivity contribution < 1.29 is 27.9 Å². The predicted octanol–water partition coefficient (Wildman–Crippen LogP) is 2.63. The molecule has 9 heteroatoms. The molecule has 1 atom stereocenters. The summed E-state index contributed by atoms with van der Waals surface area (Å²) in [6.07, 6.45) is 0.363. The highest BCUT2D eigenvalue weighted by Gasteiger charge is 2.35. The molecule has 0 bridgehead atoms. The summed E-state index contributed by atoms with van der Waals surface area (Å²) in [5, 5.41) is 9.53. The van der Waals surface area contributed by atoms with E-state index >= 15 is 0 Å². The molecule has 0 spiro atoms. The van der Waals surface area contributed by atoms with Crippen molar-refractivity contribution in [2.45, 2.75) is 19.0 Å². The number of carboxylic acids is 1. The second kappa shape index (κ2) is 8.84. The largest absolute Gasteiger partial charge is 0.483 e. The SMILES string of the molecule is O=C(O)c1cc(Cl)ccc1OCC(=O)N(Cc1ccccc1)[C@@H]1CCS(=O)(=O)C1. The summed E-state index contributed by atoms with van der Waals surface area (Å²) in [6, 6.07) is 12.9. The molecule has 0 saturated carbocycles. The number of hydrogen-bond donors (Lipinski definition) is 1. The van der Waals surface area contributed by atoms with E-state index in [0.717, 1.165) is 5.56 Å². The van der Waals surface area contributed by atoms with Crippen molar-refractivity contribution in [3.8, 4) is 5.75 Å². The van der Waals surface area contributed by atoms with E-state index in [1.54, 1.807) is 0 Å². The van der Waals surface area contributed by atoms with E-state index in [2.05, 4.69) is 0 Å². The van der Waals surface area contributed by atoms with Gasteiger partial charge >= 0.3 is 5.97 Å². The molecule has 0 unspecified atom stereocenters. The zero-order chi connectivity index (χ0) is 21.0. The quantitative estimate of drug-likeness (QED) is 0.714. The molecule has 154 valence electrons. The van der Waals surface area contributed by atoms with Crippen molar-refractivity contribution in [3.63, 3.8) is 0 Å². The van der Waals surface area contributed by atoms with Gasteiger partial charge in [0.15, 0.2) is 16.4 Å². The van der Waals surface area contributed by atoms with E-state index in [9.17, 15) is 23.1 Å². The molecule has 0 aliphatic carbocycles. The smallest absolute Gasteiger partial charge is 0.339 e. The number of hydrogen-bond acceptors (Lipinski definition) is 5. The molecule has 1 amide bonds. The molecule has 1 aliphatic rings. The first-order valence-corrected chi connectivity index (χ1v) is 11.1. The molecule has 2 aromatic rings. The Kier molecular flexibility index (Phi) is 6.44. The number of amides is 1. The Bertz CT molecular complexity index is 1010. The van der Waals surface area contributed by atoms with Crippen LogP contribution in [0.5, 0.6) is 5.75 Å². The average molecular weight is 438 g/mol. The minimum atomic E-state index is -3.18. The highest BCUT2D eigenvalue weighted by molar-refractivity contribution is 7.91. The van der Waals surface area contributed by atoms with Crippen molar-refractivity contribution in [3.05, 3.63) is 64.7 Å². The standard InChI is InChI=1S/C20H20ClNO6S/c21-15-6-7-18(17(10-15)20(24)25)28-12-19(23)22(11-14-4-2-1-3-5-14)16-8-9-29(26,27)13-16/h1-7,10,16H,8-9,11-13H2,(H,24,25)/t16-/m1/s1. The molecule has 1 N–H and O–H groups in total. The van der Waals surface area contributed by atoms with Gasteiger partial charge in [-0.25, -0.2) is 13.2 Å². The molecule has 0 radical (unpaired) electrons. The first kappa shape index (κ1) is 21.1. The summed E-state index contributed by atoms with van der Waals surface area (Å²) in [5.74, 6) is -1.67. The van der Waals surface area contributed by atoms with E-state index in [1.165, 1.54) is 23.1 Å². The van der Waals surface area contributed by atoms with E-state index in [0.29, 0.717) is 6.42 Å². The summed E-state index contributed by atoms with van der Waals surface area (Å²) in [7, 11) is -3.18. The molecular formula is C20H20ClNO6S. The summed E-state index contributed by atoms with van der Waals surface area (Å²) in [5.41, 5.74) is 0.714. The number of benzene rings is 2. The average Bonchev–Trinajstić information content (AvgIpc) is 3.05. The Morgan fingerprint density at radius 1 is 1.17 bits per heavy atom. The Morgan fingerprint density at radius 2 is 1.90 bits per heavy atom. The third-order valence-electron chi connectivity index (χ3n) is 4.69. The van der Waals surface area contributed by atoms with Gasteiger partial charge < -0.3 is 14.7 Å². The van der Waals surface area contributed by atoms with E-state index in [1.807, 2.05) is 30.3 Å². The van der Waals surface area contributed by atoms with Gasteiger partial charge in [0, 0.05) is 17.6 Å². The summed E-state index contributed by atoms with van der Waals surface area (Å²) in [4.78, 5) is 25.8. The van der Waals surface area contributed by atoms with Crippen molar-refractivity contribution in [1.82, 2.24) is 4.90 Å². The second-order valence-corrected chi connectivity index (χ2v) is 9.46. The van der Waals surface area contributed by atoms with E-state index in [-0.39, 0.29) is 34.4 Å². The van der Waals surface area contributed by atoms with Crippen LogP contribution in [0.1, 0.15) is 22.3 Å². The van der Waals surface area contributed by atoms with Crippen molar-refractivity contribution in [2.75, 3.05) is 18.1 Å². The molecular weight excluding hydrogens is 418 g/mol. The first-order valence-electron chi connectivity index (χ1n) is 8.94. The third kappa shape index (κ3) is 5.48. The van der Waals surface area contributed by atoms with Gasteiger partial charge in [0.2, 0.25) is 0 Å². The fraction of sp³-hybridized carbons (Fsp3) is 0.300. The summed E-state index contributed by atoms with van der Waals surface area (Å²) in [6.45, 7) is -0.166. The van der Waals surface area contributed by atoms with Crippen LogP contribution in [0, 0.1) is 0 Å². The topological polar surface area (TPSA) is 101 Å². The zero-order valence-corrected chi connectivity index (χ0v) is 17.0. The van der Waals surface area contributed by atoms with Gasteiger partial charge in [0.05, 0.1) is 11.5 Å². The van der Waals surface area contributed by atoms with Crippen molar-refractivity contribution >= 4 is 33.3 Å². The van der Waals surface area contributed by atoms with Gasteiger partial charge in [-0.15, -0.1) is 0 Å². The molecule has 2 aromatic carbocycles. The number of sulfone groups is 1. The first-order chi connectivity index (χ1) is 13.7. The lowest BCUT2D eigenvalue weighted by Crippen LogP contribution is -2.43. The number of ether oxygens (including phenoxy) is 1. The molecule has 29 heavy (non-hydrogen) atoms. The van der Waals surface area contributed by atoms with Crippen LogP contribution in [0.4, 0.5) is 0 Å². The van der Waals surface area contributed by atoms with Crippen LogP contribution in [-0.2, 0) is 21.2 Å². The molecule has 1 fully saturated rings. The van der Waals surface area contributed by atoms with Crippen LogP contribution in [0.15, 0.2) is 48.5 Å². The lowest BCUT2D eigenvalue weighted by molar-refractivity contribution is -0.136. The van der Waals surface area contributed by atoms with Crippen LogP contribution >= 0.6 is 11.6 Å². The van der Waals surface area contributed by atoms with Crippen LogP contribution in [0.25, 0.3) is 0 Å². The third-order valence-corrected chi connectivity index (χ3v) is 6.67. The molecule has 1 aliphatic heterocycles. The molecule has 7 nitrogen and oxygen atoms in total. The van der Waals surface area contributed by atoms with Crippen LogP contribution in [0.3, 0.4) is 0 Å². The molecule has 0 aromatic heterocycles. The highest BCUT2D eigenvalue weighted by Crippen LogP contribution is 2.24.